The molecule has 4 aromatic rings. The summed E-state index contributed by atoms with van der Waals surface area (Å²) in [5.41, 5.74) is 7.92. The van der Waals surface area contributed by atoms with E-state index >= 15 is 0 Å². The molecule has 0 bridgehead atoms. The van der Waals surface area contributed by atoms with Gasteiger partial charge in [0, 0.05) is 17.0 Å². The Labute approximate surface area is 209 Å². The molecule has 0 saturated carbocycles. The van der Waals surface area contributed by atoms with E-state index in [9.17, 15) is 9.59 Å². The van der Waals surface area contributed by atoms with Crippen LogP contribution in [0.3, 0.4) is 0 Å². The monoisotopic (exact) mass is 481 g/mol. The highest BCUT2D eigenvalue weighted by Gasteiger charge is 2.10. The van der Waals surface area contributed by atoms with Gasteiger partial charge in [0.25, 0.3) is 11.8 Å². The van der Waals surface area contributed by atoms with Crippen LogP contribution in [0.4, 0.5) is 0 Å². The Balaban J connectivity index is 1.46. The summed E-state index contributed by atoms with van der Waals surface area (Å²) in [6.45, 7) is -0.198. The summed E-state index contributed by atoms with van der Waals surface area (Å²) >= 11 is 5.85. The molecule has 174 valence electrons. The molecule has 0 unspecified atom stereocenters. The summed E-state index contributed by atoms with van der Waals surface area (Å²) in [7, 11) is 0. The van der Waals surface area contributed by atoms with Crippen molar-refractivity contribution < 1.29 is 9.59 Å². The summed E-state index contributed by atoms with van der Waals surface area (Å²) in [5.74, 6) is -0.777. The Morgan fingerprint density at radius 2 is 1.26 bits per heavy atom. The first-order chi connectivity index (χ1) is 17.1. The van der Waals surface area contributed by atoms with Crippen molar-refractivity contribution in [3.8, 4) is 11.1 Å². The third-order valence-corrected chi connectivity index (χ3v) is 5.62. The third-order valence-electron chi connectivity index (χ3n) is 5.37. The fraction of sp³-hybridized carbons (Fsp3) is 0.0690. The van der Waals surface area contributed by atoms with Crippen LogP contribution < -0.4 is 10.7 Å². The van der Waals surface area contributed by atoms with Crippen LogP contribution in [0, 0.1) is 0 Å². The van der Waals surface area contributed by atoms with Crippen LogP contribution in [0.25, 0.3) is 11.1 Å². The zero-order valence-corrected chi connectivity index (χ0v) is 19.7. The van der Waals surface area contributed by atoms with Gasteiger partial charge in [-0.3, -0.25) is 9.59 Å². The molecular formula is C29H24ClN3O2. The van der Waals surface area contributed by atoms with E-state index in [-0.39, 0.29) is 12.5 Å². The number of carbonyl (C=O) groups excluding carboxylic acids is 2. The second-order valence-corrected chi connectivity index (χ2v) is 8.33. The van der Waals surface area contributed by atoms with Crippen LogP contribution in [0.15, 0.2) is 114 Å². The van der Waals surface area contributed by atoms with E-state index < -0.39 is 5.91 Å². The molecule has 0 fully saturated rings. The van der Waals surface area contributed by atoms with Crippen molar-refractivity contribution in [2.75, 3.05) is 6.54 Å². The van der Waals surface area contributed by atoms with E-state index in [1.54, 1.807) is 24.3 Å². The molecule has 4 aromatic carbocycles. The molecule has 0 saturated heterocycles. The second-order valence-electron chi connectivity index (χ2n) is 7.89. The number of amides is 2. The first-order valence-electron chi connectivity index (χ1n) is 11.2. The maximum Gasteiger partial charge on any atom is 0.259 e. The summed E-state index contributed by atoms with van der Waals surface area (Å²) in [6.07, 6.45) is 0.545. The number of hydrogen-bond donors (Lipinski definition) is 2. The average molecular weight is 482 g/mol. The molecule has 4 rings (SSSR count). The second kappa shape index (κ2) is 11.8. The maximum absolute atomic E-state index is 12.4. The van der Waals surface area contributed by atoms with Gasteiger partial charge in [-0.2, -0.15) is 5.10 Å². The molecule has 2 N–H and O–H groups in total. The van der Waals surface area contributed by atoms with Gasteiger partial charge in [-0.15, -0.1) is 0 Å². The van der Waals surface area contributed by atoms with Gasteiger partial charge in [0.2, 0.25) is 0 Å². The fourth-order valence-corrected chi connectivity index (χ4v) is 3.64. The van der Waals surface area contributed by atoms with Crippen molar-refractivity contribution >= 4 is 29.1 Å². The van der Waals surface area contributed by atoms with Gasteiger partial charge in [-0.05, 0) is 46.5 Å². The number of nitrogens with one attached hydrogen (secondary N) is 2. The lowest BCUT2D eigenvalue weighted by molar-refractivity contribution is -0.120. The van der Waals surface area contributed by atoms with Gasteiger partial charge < -0.3 is 5.32 Å². The third kappa shape index (κ3) is 6.88. The maximum atomic E-state index is 12.4. The highest BCUT2D eigenvalue weighted by Crippen LogP contribution is 2.20. The zero-order chi connectivity index (χ0) is 24.5. The lowest BCUT2D eigenvalue weighted by atomic mass is 9.99. The molecule has 0 aliphatic rings. The van der Waals surface area contributed by atoms with Crippen molar-refractivity contribution in [3.05, 3.63) is 131 Å². The van der Waals surface area contributed by atoms with Crippen molar-refractivity contribution in [2.45, 2.75) is 6.42 Å². The summed E-state index contributed by atoms with van der Waals surface area (Å²) in [5, 5.41) is 7.53. The first kappa shape index (κ1) is 23.9. The number of hydrazone groups is 1. The van der Waals surface area contributed by atoms with Crippen molar-refractivity contribution in [1.29, 1.82) is 0 Å². The van der Waals surface area contributed by atoms with E-state index in [1.807, 2.05) is 72.8 Å². The van der Waals surface area contributed by atoms with Crippen LogP contribution in [0.2, 0.25) is 5.02 Å². The van der Waals surface area contributed by atoms with E-state index in [4.69, 9.17) is 11.6 Å². The molecule has 5 nitrogen and oxygen atoms in total. The number of carbonyl (C=O) groups is 2. The minimum atomic E-state index is -0.418. The predicted molar refractivity (Wildman–Crippen MR) is 140 cm³/mol. The number of rotatable bonds is 8. The molecule has 0 heterocycles. The van der Waals surface area contributed by atoms with Gasteiger partial charge >= 0.3 is 0 Å². The minimum absolute atomic E-state index is 0.198. The smallest absolute Gasteiger partial charge is 0.259 e. The minimum Gasteiger partial charge on any atom is -0.343 e. The first-order valence-corrected chi connectivity index (χ1v) is 11.6. The van der Waals surface area contributed by atoms with Crippen molar-refractivity contribution in [2.24, 2.45) is 5.10 Å². The summed E-state index contributed by atoms with van der Waals surface area (Å²) < 4.78 is 0. The lowest BCUT2D eigenvalue weighted by Crippen LogP contribution is -2.35. The van der Waals surface area contributed by atoms with Crippen LogP contribution in [-0.2, 0) is 11.2 Å². The van der Waals surface area contributed by atoms with E-state index in [2.05, 4.69) is 28.0 Å². The van der Waals surface area contributed by atoms with Crippen molar-refractivity contribution in [3.63, 3.8) is 0 Å². The molecule has 0 spiro atoms. The molecule has 0 aromatic heterocycles. The van der Waals surface area contributed by atoms with Crippen LogP contribution in [0.1, 0.15) is 21.5 Å². The molecule has 6 heteroatoms. The van der Waals surface area contributed by atoms with E-state index in [1.165, 1.54) is 0 Å². The summed E-state index contributed by atoms with van der Waals surface area (Å²) in [6, 6.07) is 34.6. The molecule has 35 heavy (non-hydrogen) atoms. The molecule has 0 atom stereocenters. The SMILES string of the molecule is O=C(CNC(=O)c1ccc(Cl)cc1)N/N=C(\Cc1ccccc1)c1ccc(-c2ccccc2)cc1. The molecule has 0 radical (unpaired) electrons. The van der Waals surface area contributed by atoms with Gasteiger partial charge in [-0.25, -0.2) is 5.43 Å². The lowest BCUT2D eigenvalue weighted by Gasteiger charge is -2.10. The van der Waals surface area contributed by atoms with E-state index in [0.717, 1.165) is 22.3 Å². The van der Waals surface area contributed by atoms with Gasteiger partial charge in [0.1, 0.15) is 0 Å². The van der Waals surface area contributed by atoms with Crippen LogP contribution >= 0.6 is 11.6 Å². The number of benzene rings is 4. The van der Waals surface area contributed by atoms with Gasteiger partial charge in [-0.1, -0.05) is 96.5 Å². The van der Waals surface area contributed by atoms with Gasteiger partial charge in [0.15, 0.2) is 0 Å². The normalized spacial score (nSPS) is 11.1. The molecule has 2 amide bonds. The highest BCUT2D eigenvalue weighted by molar-refractivity contribution is 6.30. The quantitative estimate of drug-likeness (QED) is 0.258. The topological polar surface area (TPSA) is 70.6 Å². The Morgan fingerprint density at radius 1 is 0.686 bits per heavy atom. The largest absolute Gasteiger partial charge is 0.343 e. The number of halogens is 1. The van der Waals surface area contributed by atoms with E-state index in [0.29, 0.717) is 22.7 Å². The fourth-order valence-electron chi connectivity index (χ4n) is 3.51. The number of nitrogens with zero attached hydrogens (tertiary/aromatic N) is 1. The van der Waals surface area contributed by atoms with Gasteiger partial charge in [0.05, 0.1) is 12.3 Å². The summed E-state index contributed by atoms with van der Waals surface area (Å²) in [4.78, 5) is 24.6. The van der Waals surface area contributed by atoms with Crippen molar-refractivity contribution in [1.82, 2.24) is 10.7 Å². The standard InChI is InChI=1S/C29H24ClN3O2/c30-26-17-15-25(16-18-26)29(35)31-20-28(34)33-32-27(19-21-7-3-1-4-8-21)24-13-11-23(12-14-24)22-9-5-2-6-10-22/h1-18H,19-20H2,(H,31,35)(H,33,34)/b32-27+. The predicted octanol–water partition coefficient (Wildman–Crippen LogP) is 5.50. The highest BCUT2D eigenvalue weighted by atomic mass is 35.5. The number of hydrogen-bond acceptors (Lipinski definition) is 3. The molecule has 0 aliphatic carbocycles. The van der Waals surface area contributed by atoms with Crippen LogP contribution in [-0.4, -0.2) is 24.1 Å². The Bertz CT molecular complexity index is 1300. The molecular weight excluding hydrogens is 458 g/mol. The average Bonchev–Trinajstić information content (AvgIpc) is 2.91. The Kier molecular flexibility index (Phi) is 8.04. The Morgan fingerprint density at radius 3 is 1.91 bits per heavy atom. The van der Waals surface area contributed by atoms with Crippen LogP contribution in [0.5, 0.6) is 0 Å². The molecule has 0 aliphatic heterocycles. The Hall–Kier alpha value is -4.22. The zero-order valence-electron chi connectivity index (χ0n) is 18.9.